The summed E-state index contributed by atoms with van der Waals surface area (Å²) in [6, 6.07) is 3.93. The number of ether oxygens (including phenoxy) is 1. The number of aliphatic hydroxyl groups excluding tert-OH is 3. The Morgan fingerprint density at radius 1 is 1.40 bits per heavy atom. The van der Waals surface area contributed by atoms with E-state index >= 15 is 0 Å². The SMILES string of the molecule is [2H]c1ccccc1C(=O)C1(O)O[C@H](CO)[C@@H](O)[C@H](O)[C@H]1N. The van der Waals surface area contributed by atoms with Crippen molar-refractivity contribution in [3.63, 3.8) is 0 Å². The van der Waals surface area contributed by atoms with Crippen molar-refractivity contribution in [2.75, 3.05) is 6.61 Å². The molecule has 1 saturated heterocycles. The first-order chi connectivity index (χ1) is 9.82. The van der Waals surface area contributed by atoms with Crippen LogP contribution in [0.3, 0.4) is 0 Å². The molecule has 20 heavy (non-hydrogen) atoms. The van der Waals surface area contributed by atoms with Crippen molar-refractivity contribution in [2.45, 2.75) is 30.1 Å². The minimum absolute atomic E-state index is 0.143. The van der Waals surface area contributed by atoms with E-state index in [1.165, 1.54) is 18.2 Å². The zero-order valence-corrected chi connectivity index (χ0v) is 10.5. The highest BCUT2D eigenvalue weighted by atomic mass is 16.7. The Balaban J connectivity index is 2.40. The molecule has 1 aromatic rings. The van der Waals surface area contributed by atoms with E-state index in [4.69, 9.17) is 16.9 Å². The Hall–Kier alpha value is -1.35. The molecule has 0 aliphatic carbocycles. The molecule has 0 aromatic heterocycles. The predicted molar refractivity (Wildman–Crippen MR) is 67.7 cm³/mol. The molecular formula is C13H17NO6. The van der Waals surface area contributed by atoms with E-state index in [1.54, 1.807) is 6.07 Å². The summed E-state index contributed by atoms with van der Waals surface area (Å²) in [4.78, 5) is 12.4. The van der Waals surface area contributed by atoms with Gasteiger partial charge in [0.1, 0.15) is 18.3 Å². The van der Waals surface area contributed by atoms with E-state index in [-0.39, 0.29) is 11.6 Å². The molecule has 7 heteroatoms. The quantitative estimate of drug-likeness (QED) is 0.405. The van der Waals surface area contributed by atoms with Crippen molar-refractivity contribution in [1.29, 1.82) is 0 Å². The maximum absolute atomic E-state index is 12.4. The summed E-state index contributed by atoms with van der Waals surface area (Å²) in [6.07, 6.45) is -4.57. The summed E-state index contributed by atoms with van der Waals surface area (Å²) in [5.74, 6) is -3.64. The smallest absolute Gasteiger partial charge is 0.250 e. The van der Waals surface area contributed by atoms with E-state index in [2.05, 4.69) is 0 Å². The first-order valence-electron chi connectivity index (χ1n) is 6.56. The van der Waals surface area contributed by atoms with Crippen LogP contribution in [0.4, 0.5) is 0 Å². The summed E-state index contributed by atoms with van der Waals surface area (Å²) < 4.78 is 12.7. The molecule has 1 heterocycles. The number of rotatable bonds is 3. The molecule has 6 N–H and O–H groups in total. The largest absolute Gasteiger partial charge is 0.394 e. The third kappa shape index (κ3) is 2.35. The summed E-state index contributed by atoms with van der Waals surface area (Å²) >= 11 is 0. The standard InChI is InChI=1S/C13H17NO6/c14-11-10(17)9(16)8(6-15)20-13(11,19)12(18)7-4-2-1-3-5-7/h1-5,8-11,15-17,19H,6,14H2/t8-,9-,10+,11-,13?/m1/s1/i4D. The molecule has 1 fully saturated rings. The monoisotopic (exact) mass is 284 g/mol. The Morgan fingerprint density at radius 3 is 2.70 bits per heavy atom. The van der Waals surface area contributed by atoms with E-state index < -0.39 is 42.5 Å². The number of nitrogens with two attached hydrogens (primary N) is 1. The van der Waals surface area contributed by atoms with Gasteiger partial charge < -0.3 is 30.9 Å². The molecule has 1 aliphatic rings. The molecule has 7 nitrogen and oxygen atoms in total. The van der Waals surface area contributed by atoms with E-state index in [0.717, 1.165) is 0 Å². The number of ketones is 1. The molecule has 0 spiro atoms. The lowest BCUT2D eigenvalue weighted by Crippen LogP contribution is -2.71. The summed E-state index contributed by atoms with van der Waals surface area (Å²) in [6.45, 7) is -0.719. The van der Waals surface area contributed by atoms with Crippen molar-refractivity contribution in [3.05, 3.63) is 35.9 Å². The van der Waals surface area contributed by atoms with Gasteiger partial charge in [0.2, 0.25) is 11.6 Å². The highest BCUT2D eigenvalue weighted by molar-refractivity contribution is 6.02. The molecule has 2 rings (SSSR count). The van der Waals surface area contributed by atoms with Gasteiger partial charge in [-0.05, 0) is 0 Å². The molecule has 0 bridgehead atoms. The summed E-state index contributed by atoms with van der Waals surface area (Å²) in [5, 5.41) is 39.0. The fraction of sp³-hybridized carbons (Fsp3) is 0.462. The third-order valence-electron chi connectivity index (χ3n) is 3.34. The van der Waals surface area contributed by atoms with Gasteiger partial charge in [0.05, 0.1) is 14.0 Å². The predicted octanol–water partition coefficient (Wildman–Crippen LogP) is -2.00. The molecule has 1 aliphatic heterocycles. The van der Waals surface area contributed by atoms with Gasteiger partial charge in [-0.3, -0.25) is 4.79 Å². The lowest BCUT2D eigenvalue weighted by atomic mass is 9.86. The van der Waals surface area contributed by atoms with Gasteiger partial charge in [0.25, 0.3) is 0 Å². The maximum Gasteiger partial charge on any atom is 0.250 e. The Labute approximate surface area is 116 Å². The van der Waals surface area contributed by atoms with Crippen molar-refractivity contribution in [3.8, 4) is 0 Å². The Morgan fingerprint density at radius 2 is 2.10 bits per heavy atom. The molecule has 0 saturated carbocycles. The topological polar surface area (TPSA) is 133 Å². The number of hydrogen-bond acceptors (Lipinski definition) is 7. The van der Waals surface area contributed by atoms with Crippen LogP contribution in [-0.2, 0) is 4.74 Å². The fourth-order valence-corrected chi connectivity index (χ4v) is 2.12. The second kappa shape index (κ2) is 5.57. The van der Waals surface area contributed by atoms with Gasteiger partial charge in [-0.15, -0.1) is 0 Å². The van der Waals surface area contributed by atoms with Crippen LogP contribution in [0.1, 0.15) is 11.7 Å². The molecule has 5 atom stereocenters. The zero-order chi connectivity index (χ0) is 15.8. The summed E-state index contributed by atoms with van der Waals surface area (Å²) in [5.41, 5.74) is 5.46. The second-order valence-corrected chi connectivity index (χ2v) is 4.65. The number of benzene rings is 1. The fourth-order valence-electron chi connectivity index (χ4n) is 2.12. The van der Waals surface area contributed by atoms with Crippen LogP contribution in [0.5, 0.6) is 0 Å². The minimum atomic E-state index is -2.64. The third-order valence-corrected chi connectivity index (χ3v) is 3.34. The van der Waals surface area contributed by atoms with Crippen molar-refractivity contribution in [1.82, 2.24) is 0 Å². The van der Waals surface area contributed by atoms with Gasteiger partial charge in [0, 0.05) is 5.56 Å². The highest BCUT2D eigenvalue weighted by Gasteiger charge is 2.55. The van der Waals surface area contributed by atoms with E-state index in [1.807, 2.05) is 0 Å². The average molecular weight is 284 g/mol. The van der Waals surface area contributed by atoms with Crippen molar-refractivity contribution < 1.29 is 31.3 Å². The van der Waals surface area contributed by atoms with Crippen LogP contribution in [0, 0.1) is 0 Å². The van der Waals surface area contributed by atoms with Crippen LogP contribution in [0.25, 0.3) is 0 Å². The number of carbonyl (C=O) groups excluding carboxylic acids is 1. The van der Waals surface area contributed by atoms with E-state index in [0.29, 0.717) is 0 Å². The van der Waals surface area contributed by atoms with Gasteiger partial charge in [-0.2, -0.15) is 0 Å². The van der Waals surface area contributed by atoms with Gasteiger partial charge in [-0.1, -0.05) is 30.3 Å². The normalized spacial score (nSPS) is 38.4. The second-order valence-electron chi connectivity index (χ2n) is 4.65. The molecule has 1 unspecified atom stereocenters. The molecule has 1 aromatic carbocycles. The van der Waals surface area contributed by atoms with Crippen LogP contribution in [0.2, 0.25) is 0 Å². The first-order valence-corrected chi connectivity index (χ1v) is 6.06. The molecule has 0 amide bonds. The lowest BCUT2D eigenvalue weighted by molar-refractivity contribution is -0.286. The Bertz CT molecular complexity index is 539. The summed E-state index contributed by atoms with van der Waals surface area (Å²) in [7, 11) is 0. The average Bonchev–Trinajstić information content (AvgIpc) is 2.48. The van der Waals surface area contributed by atoms with E-state index in [9.17, 15) is 20.1 Å². The number of hydrogen-bond donors (Lipinski definition) is 5. The highest BCUT2D eigenvalue weighted by Crippen LogP contribution is 2.29. The Kier molecular flexibility index (Phi) is 3.79. The van der Waals surface area contributed by atoms with Crippen LogP contribution < -0.4 is 5.73 Å². The van der Waals surface area contributed by atoms with Gasteiger partial charge >= 0.3 is 0 Å². The van der Waals surface area contributed by atoms with Crippen molar-refractivity contribution in [2.24, 2.45) is 5.73 Å². The lowest BCUT2D eigenvalue weighted by Gasteiger charge is -2.45. The first kappa shape index (κ1) is 13.6. The van der Waals surface area contributed by atoms with Crippen LogP contribution >= 0.6 is 0 Å². The number of carbonyl (C=O) groups is 1. The molecular weight excluding hydrogens is 266 g/mol. The van der Waals surface area contributed by atoms with Gasteiger partial charge in [0.15, 0.2) is 0 Å². The number of Topliss-reactive ketones (excluding diaryl/α,β-unsaturated/α-hetero) is 1. The van der Waals surface area contributed by atoms with Crippen molar-refractivity contribution >= 4 is 5.78 Å². The minimum Gasteiger partial charge on any atom is -0.394 e. The molecule has 0 radical (unpaired) electrons. The maximum atomic E-state index is 12.4. The molecule has 110 valence electrons. The zero-order valence-electron chi connectivity index (χ0n) is 11.5. The van der Waals surface area contributed by atoms with Gasteiger partial charge in [-0.25, -0.2) is 0 Å². The van der Waals surface area contributed by atoms with Crippen LogP contribution in [-0.4, -0.2) is 63.0 Å². The van der Waals surface area contributed by atoms with Crippen LogP contribution in [0.15, 0.2) is 30.3 Å². The number of aliphatic hydroxyl groups is 4.